The number of hydrogen-bond donors (Lipinski definition) is 3. The van der Waals surface area contributed by atoms with Crippen LogP contribution in [0.15, 0.2) is 34.5 Å². The molecule has 0 aliphatic carbocycles. The molecular weight excluding hydrogens is 348 g/mol. The Labute approximate surface area is 145 Å². The Bertz CT molecular complexity index is 838. The first-order valence-electron chi connectivity index (χ1n) is 7.18. The standard InChI is InChI=1S/C15H20N4O3S2/c1-15(2,3)12-9-23-13(19-12)8-17-14(20)18-10-5-4-6-11(7-10)24(16,21)22/h4-7,9H,8H2,1-3H3,(H2,16,21,22)(H2,17,18,20). The molecule has 0 saturated heterocycles. The number of anilines is 1. The molecule has 0 radical (unpaired) electrons. The number of nitrogens with two attached hydrogens (primary N) is 1. The topological polar surface area (TPSA) is 114 Å². The smallest absolute Gasteiger partial charge is 0.319 e. The summed E-state index contributed by atoms with van der Waals surface area (Å²) < 4.78 is 22.6. The van der Waals surface area contributed by atoms with Crippen molar-refractivity contribution >= 4 is 33.1 Å². The van der Waals surface area contributed by atoms with Crippen LogP contribution in [-0.2, 0) is 22.0 Å². The first kappa shape index (κ1) is 18.4. The number of carbonyl (C=O) groups is 1. The molecule has 1 heterocycles. The minimum absolute atomic E-state index is 0.0365. The molecule has 2 amide bonds. The molecule has 0 spiro atoms. The molecule has 2 rings (SSSR count). The van der Waals surface area contributed by atoms with Crippen molar-refractivity contribution in [2.45, 2.75) is 37.6 Å². The van der Waals surface area contributed by atoms with Crippen LogP contribution >= 0.6 is 11.3 Å². The van der Waals surface area contributed by atoms with Gasteiger partial charge in [0.1, 0.15) is 5.01 Å². The molecule has 9 heteroatoms. The number of thiazole rings is 1. The quantitative estimate of drug-likeness (QED) is 0.769. The van der Waals surface area contributed by atoms with Crippen LogP contribution in [0.5, 0.6) is 0 Å². The summed E-state index contributed by atoms with van der Waals surface area (Å²) in [7, 11) is -3.81. The molecular formula is C15H20N4O3S2. The van der Waals surface area contributed by atoms with Gasteiger partial charge in [0.25, 0.3) is 0 Å². The zero-order chi connectivity index (χ0) is 18.0. The minimum Gasteiger partial charge on any atom is -0.331 e. The maximum Gasteiger partial charge on any atom is 0.319 e. The Morgan fingerprint density at radius 2 is 2.04 bits per heavy atom. The second-order valence-corrected chi connectivity index (χ2v) is 8.76. The van der Waals surface area contributed by atoms with Gasteiger partial charge in [-0.05, 0) is 18.2 Å². The minimum atomic E-state index is -3.81. The van der Waals surface area contributed by atoms with Crippen LogP contribution in [0.3, 0.4) is 0 Å². The van der Waals surface area contributed by atoms with Crippen molar-refractivity contribution in [3.8, 4) is 0 Å². The first-order chi connectivity index (χ1) is 11.1. The van der Waals surface area contributed by atoms with Gasteiger partial charge in [-0.3, -0.25) is 0 Å². The fourth-order valence-corrected chi connectivity index (χ4v) is 3.34. The third-order valence-corrected chi connectivity index (χ3v) is 4.90. The van der Waals surface area contributed by atoms with E-state index in [0.29, 0.717) is 12.2 Å². The summed E-state index contributed by atoms with van der Waals surface area (Å²) in [5.74, 6) is 0. The first-order valence-corrected chi connectivity index (χ1v) is 9.61. The fraction of sp³-hybridized carbons (Fsp3) is 0.333. The molecule has 130 valence electrons. The number of aromatic nitrogens is 1. The highest BCUT2D eigenvalue weighted by atomic mass is 32.2. The van der Waals surface area contributed by atoms with Crippen LogP contribution in [0.2, 0.25) is 0 Å². The molecule has 0 unspecified atom stereocenters. The maximum atomic E-state index is 11.9. The Kier molecular flexibility index (Phi) is 5.26. The number of rotatable bonds is 4. The maximum absolute atomic E-state index is 11.9. The number of nitrogens with one attached hydrogen (secondary N) is 2. The van der Waals surface area contributed by atoms with Gasteiger partial charge < -0.3 is 10.6 Å². The molecule has 1 aromatic carbocycles. The lowest BCUT2D eigenvalue weighted by Crippen LogP contribution is -2.28. The summed E-state index contributed by atoms with van der Waals surface area (Å²) in [4.78, 5) is 16.4. The Morgan fingerprint density at radius 1 is 1.33 bits per heavy atom. The number of benzene rings is 1. The lowest BCUT2D eigenvalue weighted by Gasteiger charge is -2.14. The highest BCUT2D eigenvalue weighted by Crippen LogP contribution is 2.23. The summed E-state index contributed by atoms with van der Waals surface area (Å²) in [6.45, 7) is 6.51. The summed E-state index contributed by atoms with van der Waals surface area (Å²) in [6, 6.07) is 5.30. The zero-order valence-electron chi connectivity index (χ0n) is 13.7. The van der Waals surface area contributed by atoms with Crippen molar-refractivity contribution in [1.82, 2.24) is 10.3 Å². The van der Waals surface area contributed by atoms with Gasteiger partial charge in [-0.15, -0.1) is 11.3 Å². The summed E-state index contributed by atoms with van der Waals surface area (Å²) in [5, 5.41) is 13.1. The van der Waals surface area contributed by atoms with Crippen molar-refractivity contribution in [2.24, 2.45) is 5.14 Å². The van der Waals surface area contributed by atoms with Crippen LogP contribution in [0, 0.1) is 0 Å². The van der Waals surface area contributed by atoms with E-state index in [-0.39, 0.29) is 10.3 Å². The van der Waals surface area contributed by atoms with Crippen LogP contribution in [0.1, 0.15) is 31.5 Å². The number of amides is 2. The molecule has 24 heavy (non-hydrogen) atoms. The normalized spacial score (nSPS) is 12.0. The highest BCUT2D eigenvalue weighted by Gasteiger charge is 2.17. The second-order valence-electron chi connectivity index (χ2n) is 6.26. The predicted octanol–water partition coefficient (Wildman–Crippen LogP) is 2.41. The van der Waals surface area contributed by atoms with Crippen molar-refractivity contribution in [2.75, 3.05) is 5.32 Å². The lowest BCUT2D eigenvalue weighted by molar-refractivity contribution is 0.251. The number of sulfonamides is 1. The van der Waals surface area contributed by atoms with E-state index < -0.39 is 16.1 Å². The Hall–Kier alpha value is -1.97. The number of carbonyl (C=O) groups excluding carboxylic acids is 1. The van der Waals surface area contributed by atoms with Gasteiger partial charge in [-0.1, -0.05) is 26.8 Å². The van der Waals surface area contributed by atoms with E-state index in [4.69, 9.17) is 5.14 Å². The average Bonchev–Trinajstić information content (AvgIpc) is 2.93. The van der Waals surface area contributed by atoms with Crippen LogP contribution < -0.4 is 15.8 Å². The van der Waals surface area contributed by atoms with Gasteiger partial charge in [-0.2, -0.15) is 0 Å². The van der Waals surface area contributed by atoms with E-state index in [1.165, 1.54) is 29.5 Å². The molecule has 4 N–H and O–H groups in total. The fourth-order valence-electron chi connectivity index (χ4n) is 1.82. The largest absolute Gasteiger partial charge is 0.331 e. The summed E-state index contributed by atoms with van der Waals surface area (Å²) >= 11 is 1.48. The van der Waals surface area contributed by atoms with E-state index in [1.807, 2.05) is 5.38 Å². The van der Waals surface area contributed by atoms with E-state index in [1.54, 1.807) is 6.07 Å². The molecule has 7 nitrogen and oxygen atoms in total. The van der Waals surface area contributed by atoms with Crippen LogP contribution in [-0.4, -0.2) is 19.4 Å². The third kappa shape index (κ3) is 5.02. The van der Waals surface area contributed by atoms with Gasteiger partial charge in [-0.25, -0.2) is 23.3 Å². The molecule has 0 aliphatic heterocycles. The Balaban J connectivity index is 1.96. The van der Waals surface area contributed by atoms with Crippen LogP contribution in [0.25, 0.3) is 0 Å². The van der Waals surface area contributed by atoms with Crippen LogP contribution in [0.4, 0.5) is 10.5 Å². The molecule has 0 fully saturated rings. The molecule has 2 aromatic rings. The average molecular weight is 368 g/mol. The summed E-state index contributed by atoms with van der Waals surface area (Å²) in [6.07, 6.45) is 0. The number of nitrogens with zero attached hydrogens (tertiary/aromatic N) is 1. The van der Waals surface area contributed by atoms with Crippen molar-refractivity contribution in [3.63, 3.8) is 0 Å². The third-order valence-electron chi connectivity index (χ3n) is 3.14. The molecule has 0 aliphatic rings. The van der Waals surface area contributed by atoms with Crippen molar-refractivity contribution in [1.29, 1.82) is 0 Å². The lowest BCUT2D eigenvalue weighted by atomic mass is 9.93. The molecule has 0 atom stereocenters. The van der Waals surface area contributed by atoms with Gasteiger partial charge >= 0.3 is 6.03 Å². The monoisotopic (exact) mass is 368 g/mol. The second kappa shape index (κ2) is 6.88. The van der Waals surface area contributed by atoms with Gasteiger partial charge in [0.15, 0.2) is 0 Å². The van der Waals surface area contributed by atoms with Gasteiger partial charge in [0, 0.05) is 16.5 Å². The number of hydrogen-bond acceptors (Lipinski definition) is 5. The van der Waals surface area contributed by atoms with Crippen molar-refractivity contribution < 1.29 is 13.2 Å². The van der Waals surface area contributed by atoms with E-state index in [0.717, 1.165) is 10.7 Å². The zero-order valence-corrected chi connectivity index (χ0v) is 15.3. The Morgan fingerprint density at radius 3 is 2.62 bits per heavy atom. The SMILES string of the molecule is CC(C)(C)c1csc(CNC(=O)Nc2cccc(S(N)(=O)=O)c2)n1. The predicted molar refractivity (Wildman–Crippen MR) is 94.5 cm³/mol. The molecule has 0 saturated carbocycles. The van der Waals surface area contributed by atoms with E-state index in [9.17, 15) is 13.2 Å². The number of primary sulfonamides is 1. The summed E-state index contributed by atoms with van der Waals surface area (Å²) in [5.41, 5.74) is 1.28. The van der Waals surface area contributed by atoms with Gasteiger partial charge in [0.2, 0.25) is 10.0 Å². The number of urea groups is 1. The van der Waals surface area contributed by atoms with Gasteiger partial charge in [0.05, 0.1) is 17.1 Å². The highest BCUT2D eigenvalue weighted by molar-refractivity contribution is 7.89. The molecule has 1 aromatic heterocycles. The van der Waals surface area contributed by atoms with E-state index in [2.05, 4.69) is 36.4 Å². The van der Waals surface area contributed by atoms with Crippen molar-refractivity contribution in [3.05, 3.63) is 40.3 Å². The molecule has 0 bridgehead atoms. The van der Waals surface area contributed by atoms with E-state index >= 15 is 0 Å².